The number of benzene rings is 1. The Morgan fingerprint density at radius 2 is 1.71 bits per heavy atom. The summed E-state index contributed by atoms with van der Waals surface area (Å²) in [6, 6.07) is 9.50. The van der Waals surface area contributed by atoms with Crippen molar-refractivity contribution in [3.8, 4) is 5.69 Å². The molecule has 0 unspecified atom stereocenters. The molecule has 178 valence electrons. The van der Waals surface area contributed by atoms with Crippen LogP contribution in [0.5, 0.6) is 0 Å². The third-order valence-corrected chi connectivity index (χ3v) is 7.97. The van der Waals surface area contributed by atoms with Crippen molar-refractivity contribution < 1.29 is 18.0 Å². The lowest BCUT2D eigenvalue weighted by molar-refractivity contribution is -0.140. The summed E-state index contributed by atoms with van der Waals surface area (Å²) in [6.07, 6.45) is 3.68. The number of nitrogens with one attached hydrogen (secondary N) is 2. The standard InChI is InChI=1S/C25H26F3N5O/c1-14-20(22(31-30-14)25(26,27)28)29-23(34)19-13-33(18-5-3-2-4-6-18)32-21(19)24-10-15-7-16(11-24)9-17(8-15)12-24/h2-6,13,15-17H,7-12H2,1H3,(H,29,34)(H,30,31). The van der Waals surface area contributed by atoms with Crippen LogP contribution in [0.15, 0.2) is 36.5 Å². The van der Waals surface area contributed by atoms with Crippen LogP contribution in [0.4, 0.5) is 18.9 Å². The number of amides is 1. The summed E-state index contributed by atoms with van der Waals surface area (Å²) in [4.78, 5) is 13.5. The molecule has 4 aliphatic rings. The topological polar surface area (TPSA) is 75.6 Å². The molecule has 2 N–H and O–H groups in total. The minimum absolute atomic E-state index is 0.160. The molecular formula is C25H26F3N5O. The lowest BCUT2D eigenvalue weighted by Gasteiger charge is -2.56. The van der Waals surface area contributed by atoms with Crippen molar-refractivity contribution in [2.45, 2.75) is 57.0 Å². The van der Waals surface area contributed by atoms with Crippen molar-refractivity contribution in [1.29, 1.82) is 0 Å². The molecule has 3 aromatic rings. The molecule has 2 heterocycles. The van der Waals surface area contributed by atoms with E-state index >= 15 is 0 Å². The molecule has 4 saturated carbocycles. The van der Waals surface area contributed by atoms with Crippen molar-refractivity contribution in [2.75, 3.05) is 5.32 Å². The first-order chi connectivity index (χ1) is 16.2. The third-order valence-electron chi connectivity index (χ3n) is 7.97. The van der Waals surface area contributed by atoms with Crippen LogP contribution in [-0.4, -0.2) is 25.9 Å². The van der Waals surface area contributed by atoms with Crippen LogP contribution in [0.25, 0.3) is 5.69 Å². The largest absolute Gasteiger partial charge is 0.437 e. The molecule has 0 atom stereocenters. The summed E-state index contributed by atoms with van der Waals surface area (Å²) in [5.41, 5.74) is 0.393. The lowest BCUT2D eigenvalue weighted by atomic mass is 9.48. The van der Waals surface area contributed by atoms with Gasteiger partial charge in [0.25, 0.3) is 5.91 Å². The number of rotatable bonds is 4. The first-order valence-corrected chi connectivity index (χ1v) is 11.8. The maximum absolute atomic E-state index is 13.5. The zero-order chi connectivity index (χ0) is 23.7. The van der Waals surface area contributed by atoms with Gasteiger partial charge >= 0.3 is 6.18 Å². The van der Waals surface area contributed by atoms with E-state index in [1.807, 2.05) is 30.3 Å². The van der Waals surface area contributed by atoms with Crippen molar-refractivity contribution in [3.63, 3.8) is 0 Å². The Balaban J connectivity index is 1.43. The average Bonchev–Trinajstić information content (AvgIpc) is 3.38. The van der Waals surface area contributed by atoms with Gasteiger partial charge in [-0.3, -0.25) is 9.89 Å². The lowest BCUT2D eigenvalue weighted by Crippen LogP contribution is -2.49. The van der Waals surface area contributed by atoms with E-state index in [2.05, 4.69) is 15.5 Å². The van der Waals surface area contributed by atoms with E-state index in [9.17, 15) is 18.0 Å². The average molecular weight is 470 g/mol. The number of carbonyl (C=O) groups is 1. The van der Waals surface area contributed by atoms with Gasteiger partial charge in [0.05, 0.1) is 28.3 Å². The summed E-state index contributed by atoms with van der Waals surface area (Å²) in [7, 11) is 0. The van der Waals surface area contributed by atoms with Crippen molar-refractivity contribution in [1.82, 2.24) is 20.0 Å². The zero-order valence-electron chi connectivity index (χ0n) is 18.8. The monoisotopic (exact) mass is 469 g/mol. The molecular weight excluding hydrogens is 443 g/mol. The summed E-state index contributed by atoms with van der Waals surface area (Å²) < 4.78 is 42.1. The van der Waals surface area contributed by atoms with Gasteiger partial charge in [-0.15, -0.1) is 0 Å². The van der Waals surface area contributed by atoms with Crippen molar-refractivity contribution in [2.24, 2.45) is 17.8 Å². The maximum Gasteiger partial charge on any atom is 0.437 e. The number of halogens is 3. The van der Waals surface area contributed by atoms with Crippen LogP contribution >= 0.6 is 0 Å². The SMILES string of the molecule is Cc1[nH]nc(C(F)(F)F)c1NC(=O)c1cn(-c2ccccc2)nc1C12CC3CC(CC(C3)C1)C2. The van der Waals surface area contributed by atoms with Crippen LogP contribution in [0.3, 0.4) is 0 Å². The second-order valence-corrected chi connectivity index (χ2v) is 10.4. The van der Waals surface area contributed by atoms with Gasteiger partial charge in [0.2, 0.25) is 0 Å². The highest BCUT2D eigenvalue weighted by Gasteiger charge is 2.54. The Labute approximate surface area is 194 Å². The number of hydrogen-bond acceptors (Lipinski definition) is 3. The van der Waals surface area contributed by atoms with Gasteiger partial charge in [-0.05, 0) is 75.3 Å². The zero-order valence-corrected chi connectivity index (χ0v) is 18.8. The highest BCUT2D eigenvalue weighted by atomic mass is 19.4. The number of aryl methyl sites for hydroxylation is 1. The van der Waals surface area contributed by atoms with Gasteiger partial charge in [-0.2, -0.15) is 23.4 Å². The fourth-order valence-corrected chi connectivity index (χ4v) is 7.01. The molecule has 0 aliphatic heterocycles. The highest BCUT2D eigenvalue weighted by Crippen LogP contribution is 2.61. The smallest absolute Gasteiger partial charge is 0.318 e. The second-order valence-electron chi connectivity index (χ2n) is 10.4. The van der Waals surface area contributed by atoms with Crippen LogP contribution < -0.4 is 5.32 Å². The normalized spacial score (nSPS) is 27.8. The highest BCUT2D eigenvalue weighted by molar-refractivity contribution is 6.06. The van der Waals surface area contributed by atoms with Gasteiger partial charge < -0.3 is 5.32 Å². The number of anilines is 1. The van der Waals surface area contributed by atoms with E-state index in [1.54, 1.807) is 10.9 Å². The minimum Gasteiger partial charge on any atom is -0.318 e. The summed E-state index contributed by atoms with van der Waals surface area (Å²) >= 11 is 0. The molecule has 4 aliphatic carbocycles. The maximum atomic E-state index is 13.5. The molecule has 6 nitrogen and oxygen atoms in total. The predicted molar refractivity (Wildman–Crippen MR) is 120 cm³/mol. The van der Waals surface area contributed by atoms with Crippen LogP contribution in [0.2, 0.25) is 0 Å². The number of nitrogens with zero attached hydrogens (tertiary/aromatic N) is 3. The summed E-state index contributed by atoms with van der Waals surface area (Å²) in [6.45, 7) is 1.46. The molecule has 34 heavy (non-hydrogen) atoms. The van der Waals surface area contributed by atoms with Crippen LogP contribution in [0.1, 0.15) is 66.0 Å². The van der Waals surface area contributed by atoms with Gasteiger partial charge in [0.1, 0.15) is 0 Å². The fraction of sp³-hybridized carbons (Fsp3) is 0.480. The quantitative estimate of drug-likeness (QED) is 0.519. The molecule has 0 spiro atoms. The van der Waals surface area contributed by atoms with E-state index in [1.165, 1.54) is 26.2 Å². The summed E-state index contributed by atoms with van der Waals surface area (Å²) in [5, 5.41) is 13.2. The van der Waals surface area contributed by atoms with Crippen molar-refractivity contribution in [3.05, 3.63) is 59.2 Å². The van der Waals surface area contributed by atoms with Crippen LogP contribution in [-0.2, 0) is 11.6 Å². The van der Waals surface area contributed by atoms with E-state index in [-0.39, 0.29) is 16.8 Å². The molecule has 1 amide bonds. The predicted octanol–water partition coefficient (Wildman–Crippen LogP) is 5.64. The Morgan fingerprint density at radius 1 is 1.09 bits per heavy atom. The molecule has 4 fully saturated rings. The van der Waals surface area contributed by atoms with E-state index in [4.69, 9.17) is 5.10 Å². The first-order valence-electron chi connectivity index (χ1n) is 11.8. The molecule has 9 heteroatoms. The molecule has 4 bridgehead atoms. The third kappa shape index (κ3) is 3.44. The number of aromatic amines is 1. The van der Waals surface area contributed by atoms with Gasteiger partial charge in [0, 0.05) is 11.6 Å². The minimum atomic E-state index is -4.68. The van der Waals surface area contributed by atoms with Crippen molar-refractivity contribution >= 4 is 11.6 Å². The number of H-pyrrole nitrogens is 1. The van der Waals surface area contributed by atoms with E-state index in [0.717, 1.165) is 30.6 Å². The Bertz CT molecular complexity index is 1210. The number of aromatic nitrogens is 4. The molecule has 0 radical (unpaired) electrons. The van der Waals surface area contributed by atoms with E-state index in [0.29, 0.717) is 23.3 Å². The molecule has 1 aromatic carbocycles. The molecule has 2 aromatic heterocycles. The number of hydrogen-bond donors (Lipinski definition) is 2. The van der Waals surface area contributed by atoms with E-state index < -0.39 is 17.8 Å². The summed E-state index contributed by atoms with van der Waals surface area (Å²) in [5.74, 6) is 1.33. The Kier molecular flexibility index (Phi) is 4.70. The fourth-order valence-electron chi connectivity index (χ4n) is 7.01. The van der Waals surface area contributed by atoms with Crippen LogP contribution in [0, 0.1) is 24.7 Å². The van der Waals surface area contributed by atoms with Gasteiger partial charge in [-0.25, -0.2) is 4.68 Å². The molecule has 0 saturated heterocycles. The number of alkyl halides is 3. The Morgan fingerprint density at radius 3 is 2.29 bits per heavy atom. The van der Waals surface area contributed by atoms with Gasteiger partial charge in [-0.1, -0.05) is 18.2 Å². The number of para-hydroxylation sites is 1. The Hall–Kier alpha value is -3.10. The first kappa shape index (κ1) is 21.4. The van der Waals surface area contributed by atoms with Gasteiger partial charge in [0.15, 0.2) is 5.69 Å². The molecule has 7 rings (SSSR count). The number of carbonyl (C=O) groups excluding carboxylic acids is 1. The second kappa shape index (κ2) is 7.45.